The summed E-state index contributed by atoms with van der Waals surface area (Å²) >= 11 is 0. The van der Waals surface area contributed by atoms with E-state index in [4.69, 9.17) is 0 Å². The molecule has 0 aliphatic carbocycles. The van der Waals surface area contributed by atoms with E-state index >= 15 is 0 Å². The molecule has 0 atom stereocenters. The number of carbonyl (C=O) groups is 1. The Hall–Kier alpha value is -2.37. The van der Waals surface area contributed by atoms with Gasteiger partial charge in [-0.05, 0) is 29.8 Å². The summed E-state index contributed by atoms with van der Waals surface area (Å²) in [6.45, 7) is 0.0553. The minimum atomic E-state index is -1.62. The Morgan fingerprint density at radius 3 is 2.05 bits per heavy atom. The zero-order chi connectivity index (χ0) is 14.7. The average molecular weight is 283 g/mol. The van der Waals surface area contributed by atoms with Crippen LogP contribution in [0.4, 0.5) is 17.6 Å². The van der Waals surface area contributed by atoms with Gasteiger partial charge in [0.25, 0.3) is 5.91 Å². The van der Waals surface area contributed by atoms with E-state index in [1.54, 1.807) is 0 Å². The van der Waals surface area contributed by atoms with Crippen molar-refractivity contribution in [3.8, 4) is 0 Å². The Morgan fingerprint density at radius 2 is 1.50 bits per heavy atom. The Labute approximate surface area is 112 Å². The highest BCUT2D eigenvalue weighted by molar-refractivity contribution is 5.94. The van der Waals surface area contributed by atoms with Gasteiger partial charge in [0.05, 0.1) is 0 Å². The van der Waals surface area contributed by atoms with Gasteiger partial charge < -0.3 is 5.32 Å². The van der Waals surface area contributed by atoms with Crippen molar-refractivity contribution in [1.29, 1.82) is 0 Å². The van der Waals surface area contributed by atoms with E-state index in [1.165, 1.54) is 24.3 Å². The molecule has 0 radical (unpaired) electrons. The van der Waals surface area contributed by atoms with Crippen LogP contribution >= 0.6 is 0 Å². The van der Waals surface area contributed by atoms with E-state index in [0.717, 1.165) is 0 Å². The first-order valence-electron chi connectivity index (χ1n) is 5.64. The highest BCUT2D eigenvalue weighted by Crippen LogP contribution is 2.13. The fourth-order valence-corrected chi connectivity index (χ4v) is 1.57. The summed E-state index contributed by atoms with van der Waals surface area (Å²) in [5, 5.41) is 2.39. The van der Waals surface area contributed by atoms with Gasteiger partial charge in [0.1, 0.15) is 5.82 Å². The lowest BCUT2D eigenvalue weighted by Crippen LogP contribution is -2.23. The zero-order valence-electron chi connectivity index (χ0n) is 10.1. The van der Waals surface area contributed by atoms with Crippen molar-refractivity contribution < 1.29 is 22.4 Å². The summed E-state index contributed by atoms with van der Waals surface area (Å²) < 4.78 is 51.4. The monoisotopic (exact) mass is 283 g/mol. The molecule has 0 saturated heterocycles. The number of hydrogen-bond acceptors (Lipinski definition) is 1. The Bertz CT molecular complexity index is 617. The lowest BCUT2D eigenvalue weighted by Gasteiger charge is -2.06. The summed E-state index contributed by atoms with van der Waals surface area (Å²) in [5.41, 5.74) is 0.284. The van der Waals surface area contributed by atoms with Crippen LogP contribution in [0.2, 0.25) is 0 Å². The van der Waals surface area contributed by atoms with Crippen molar-refractivity contribution in [2.24, 2.45) is 0 Å². The third kappa shape index (κ3) is 3.14. The lowest BCUT2D eigenvalue weighted by molar-refractivity contribution is 0.0949. The molecule has 0 aromatic heterocycles. The van der Waals surface area contributed by atoms with Gasteiger partial charge in [-0.25, -0.2) is 17.6 Å². The van der Waals surface area contributed by atoms with E-state index in [2.05, 4.69) is 5.32 Å². The molecule has 6 heteroatoms. The Balaban J connectivity index is 2.07. The molecule has 0 spiro atoms. The van der Waals surface area contributed by atoms with E-state index in [9.17, 15) is 22.4 Å². The fraction of sp³-hybridized carbons (Fsp3) is 0.0714. The molecule has 2 aromatic carbocycles. The first-order chi connectivity index (χ1) is 9.47. The van der Waals surface area contributed by atoms with E-state index in [0.29, 0.717) is 17.7 Å². The van der Waals surface area contributed by atoms with E-state index in [-0.39, 0.29) is 12.1 Å². The molecule has 2 aromatic rings. The first-order valence-corrected chi connectivity index (χ1v) is 5.64. The van der Waals surface area contributed by atoms with Crippen LogP contribution in [0.15, 0.2) is 36.4 Å². The maximum Gasteiger partial charge on any atom is 0.251 e. The molecule has 0 aliphatic heterocycles. The van der Waals surface area contributed by atoms with Crippen LogP contribution < -0.4 is 5.32 Å². The molecule has 0 fully saturated rings. The van der Waals surface area contributed by atoms with Crippen molar-refractivity contribution in [1.82, 2.24) is 5.32 Å². The number of halogens is 4. The predicted octanol–water partition coefficient (Wildman–Crippen LogP) is 3.17. The second-order valence-corrected chi connectivity index (χ2v) is 4.06. The molecule has 0 saturated carbocycles. The number of nitrogens with one attached hydrogen (secondary N) is 1. The summed E-state index contributed by atoms with van der Waals surface area (Å²) in [6.07, 6.45) is 0. The zero-order valence-corrected chi connectivity index (χ0v) is 10.1. The average Bonchev–Trinajstić information content (AvgIpc) is 2.43. The van der Waals surface area contributed by atoms with Crippen molar-refractivity contribution >= 4 is 5.91 Å². The molecule has 0 unspecified atom stereocenters. The number of amides is 1. The largest absolute Gasteiger partial charge is 0.348 e. The van der Waals surface area contributed by atoms with E-state index in [1.807, 2.05) is 0 Å². The van der Waals surface area contributed by atoms with Gasteiger partial charge in [0.2, 0.25) is 0 Å². The van der Waals surface area contributed by atoms with Crippen LogP contribution in [0.25, 0.3) is 0 Å². The smallest absolute Gasteiger partial charge is 0.251 e. The van der Waals surface area contributed by atoms with Gasteiger partial charge in [-0.3, -0.25) is 4.79 Å². The number of benzene rings is 2. The minimum Gasteiger partial charge on any atom is -0.348 e. The Morgan fingerprint density at radius 1 is 0.950 bits per heavy atom. The van der Waals surface area contributed by atoms with Gasteiger partial charge in [-0.15, -0.1) is 0 Å². The molecule has 0 bridgehead atoms. The van der Waals surface area contributed by atoms with Gasteiger partial charge in [-0.2, -0.15) is 0 Å². The van der Waals surface area contributed by atoms with Crippen molar-refractivity contribution in [2.45, 2.75) is 6.54 Å². The van der Waals surface area contributed by atoms with Crippen LogP contribution in [0.1, 0.15) is 15.9 Å². The number of rotatable bonds is 3. The van der Waals surface area contributed by atoms with Crippen LogP contribution in [0, 0.1) is 23.3 Å². The maximum absolute atomic E-state index is 13.0. The quantitative estimate of drug-likeness (QED) is 0.680. The molecular weight excluding hydrogens is 274 g/mol. The van der Waals surface area contributed by atoms with Crippen LogP contribution in [-0.4, -0.2) is 5.91 Å². The summed E-state index contributed by atoms with van der Waals surface area (Å²) in [6, 6.07) is 6.58. The van der Waals surface area contributed by atoms with E-state index < -0.39 is 29.2 Å². The highest BCUT2D eigenvalue weighted by Gasteiger charge is 2.14. The molecule has 0 aliphatic rings. The SMILES string of the molecule is O=C(NCc1ccc(F)cc1)c1cc(F)c(F)c(F)c1. The second-order valence-electron chi connectivity index (χ2n) is 4.06. The molecule has 104 valence electrons. The molecule has 1 N–H and O–H groups in total. The number of carbonyl (C=O) groups excluding carboxylic acids is 1. The normalized spacial score (nSPS) is 10.4. The van der Waals surface area contributed by atoms with Gasteiger partial charge in [0.15, 0.2) is 17.5 Å². The first kappa shape index (κ1) is 14.0. The summed E-state index contributed by atoms with van der Waals surface area (Å²) in [5.74, 6) is -5.66. The van der Waals surface area contributed by atoms with Gasteiger partial charge in [-0.1, -0.05) is 12.1 Å². The number of hydrogen-bond donors (Lipinski definition) is 1. The molecular formula is C14H9F4NO. The van der Waals surface area contributed by atoms with Crippen LogP contribution in [0.3, 0.4) is 0 Å². The van der Waals surface area contributed by atoms with Gasteiger partial charge >= 0.3 is 0 Å². The van der Waals surface area contributed by atoms with Crippen LogP contribution in [0.5, 0.6) is 0 Å². The molecule has 20 heavy (non-hydrogen) atoms. The topological polar surface area (TPSA) is 29.1 Å². The third-order valence-electron chi connectivity index (χ3n) is 2.61. The minimum absolute atomic E-state index is 0.0553. The van der Waals surface area contributed by atoms with Crippen LogP contribution in [-0.2, 0) is 6.54 Å². The molecule has 2 nitrogen and oxygen atoms in total. The molecule has 2 rings (SSSR count). The maximum atomic E-state index is 13.0. The molecule has 1 amide bonds. The van der Waals surface area contributed by atoms with Crippen molar-refractivity contribution in [3.05, 3.63) is 70.8 Å². The third-order valence-corrected chi connectivity index (χ3v) is 2.61. The Kier molecular flexibility index (Phi) is 4.02. The highest BCUT2D eigenvalue weighted by atomic mass is 19.2. The summed E-state index contributed by atoms with van der Waals surface area (Å²) in [7, 11) is 0. The standard InChI is InChI=1S/C14H9F4NO/c15-10-3-1-8(2-4-10)7-19-14(20)9-5-11(16)13(18)12(17)6-9/h1-6H,7H2,(H,19,20). The molecule has 0 heterocycles. The summed E-state index contributed by atoms with van der Waals surface area (Å²) in [4.78, 5) is 11.7. The van der Waals surface area contributed by atoms with Gasteiger partial charge in [0, 0.05) is 12.1 Å². The predicted molar refractivity (Wildman–Crippen MR) is 63.9 cm³/mol. The fourth-order valence-electron chi connectivity index (χ4n) is 1.57. The second kappa shape index (κ2) is 5.73. The van der Waals surface area contributed by atoms with Crippen molar-refractivity contribution in [2.75, 3.05) is 0 Å². The van der Waals surface area contributed by atoms with Crippen molar-refractivity contribution in [3.63, 3.8) is 0 Å². The lowest BCUT2D eigenvalue weighted by atomic mass is 10.1.